The zero-order valence-corrected chi connectivity index (χ0v) is 24.8. The molecule has 2 aliphatic heterocycles. The molecular formula is C37H31NO2Si. The molecule has 0 saturated carbocycles. The number of hydrogen-bond donors (Lipinski definition) is 0. The highest BCUT2D eigenvalue weighted by Gasteiger charge is 2.52. The predicted molar refractivity (Wildman–Crippen MR) is 169 cm³/mol. The Hall–Kier alpha value is -4.41. The van der Waals surface area contributed by atoms with E-state index in [4.69, 9.17) is 4.74 Å². The minimum Gasteiger partial charge on any atom is -0.457 e. The Labute approximate surface area is 242 Å². The van der Waals surface area contributed by atoms with Crippen LogP contribution in [0.4, 0.5) is 17.1 Å². The third-order valence-electron chi connectivity index (χ3n) is 9.19. The SMILES string of the molecule is Cc1ccc2c(c1)C1(c3ccccc3-c3ccccc31)c1cc([Si](C)(C)C)ccc1N2c1ccc2c(c1)C(=O)OC2. The molecule has 0 fully saturated rings. The van der Waals surface area contributed by atoms with Crippen molar-refractivity contribution in [2.24, 2.45) is 0 Å². The summed E-state index contributed by atoms with van der Waals surface area (Å²) in [7, 11) is -1.65. The fourth-order valence-corrected chi connectivity index (χ4v) is 8.41. The van der Waals surface area contributed by atoms with Crippen LogP contribution < -0.4 is 10.1 Å². The van der Waals surface area contributed by atoms with Gasteiger partial charge in [0.15, 0.2) is 0 Å². The molecule has 200 valence electrons. The molecule has 0 N–H and O–H groups in total. The summed E-state index contributed by atoms with van der Waals surface area (Å²) in [5, 5.41) is 1.44. The Morgan fingerprint density at radius 2 is 1.32 bits per heavy atom. The highest BCUT2D eigenvalue weighted by Crippen LogP contribution is 2.63. The number of benzene rings is 5. The van der Waals surface area contributed by atoms with Gasteiger partial charge >= 0.3 is 5.97 Å². The second-order valence-electron chi connectivity index (χ2n) is 12.6. The predicted octanol–water partition coefficient (Wildman–Crippen LogP) is 8.36. The average Bonchev–Trinajstić information content (AvgIpc) is 3.49. The lowest BCUT2D eigenvalue weighted by Crippen LogP contribution is -2.42. The van der Waals surface area contributed by atoms with Crippen molar-refractivity contribution in [2.45, 2.75) is 38.6 Å². The van der Waals surface area contributed by atoms with Crippen LogP contribution in [0.2, 0.25) is 19.6 Å². The summed E-state index contributed by atoms with van der Waals surface area (Å²) in [4.78, 5) is 15.0. The van der Waals surface area contributed by atoms with E-state index in [1.807, 2.05) is 12.1 Å². The number of carbonyl (C=O) groups is 1. The Balaban J connectivity index is 1.53. The number of rotatable bonds is 2. The first-order valence-corrected chi connectivity index (χ1v) is 17.8. The number of esters is 1. The van der Waals surface area contributed by atoms with Crippen LogP contribution in [0.15, 0.2) is 103 Å². The Morgan fingerprint density at radius 3 is 2.00 bits per heavy atom. The first-order chi connectivity index (χ1) is 19.8. The minimum absolute atomic E-state index is 0.243. The highest BCUT2D eigenvalue weighted by molar-refractivity contribution is 6.88. The standard InChI is InChI=1S/C37H31NO2Si/c1-23-13-17-34-32(19-23)37(30-11-7-5-9-27(30)28-10-6-8-12-31(28)37)33-21-26(41(2,3)4)16-18-35(33)38(34)25-15-14-24-22-40-36(39)29(24)20-25/h5-21H,22H2,1-4H3. The summed E-state index contributed by atoms with van der Waals surface area (Å²) < 4.78 is 5.37. The van der Waals surface area contributed by atoms with Crippen LogP contribution in [0.5, 0.6) is 0 Å². The van der Waals surface area contributed by atoms with Crippen molar-refractivity contribution < 1.29 is 9.53 Å². The summed E-state index contributed by atoms with van der Waals surface area (Å²) in [6.45, 7) is 9.79. The summed E-state index contributed by atoms with van der Waals surface area (Å²) in [5.74, 6) is -0.243. The van der Waals surface area contributed by atoms with Crippen LogP contribution in [0.3, 0.4) is 0 Å². The van der Waals surface area contributed by atoms with E-state index in [0.717, 1.165) is 22.6 Å². The average molecular weight is 550 g/mol. The van der Waals surface area contributed by atoms with Gasteiger partial charge in [-0.1, -0.05) is 109 Å². The zero-order chi connectivity index (χ0) is 28.1. The molecule has 4 heteroatoms. The molecule has 0 aromatic heterocycles. The zero-order valence-electron chi connectivity index (χ0n) is 23.8. The second-order valence-corrected chi connectivity index (χ2v) is 17.7. The van der Waals surface area contributed by atoms with Gasteiger partial charge in [-0.2, -0.15) is 0 Å². The van der Waals surface area contributed by atoms with Gasteiger partial charge in [-0.3, -0.25) is 0 Å². The maximum Gasteiger partial charge on any atom is 0.338 e. The van der Waals surface area contributed by atoms with E-state index in [2.05, 4.69) is 122 Å². The number of carbonyl (C=O) groups excluding carboxylic acids is 1. The third kappa shape index (κ3) is 3.22. The molecule has 1 aliphatic carbocycles. The second kappa shape index (κ2) is 8.31. The molecule has 0 radical (unpaired) electrons. The molecule has 5 aromatic carbocycles. The molecule has 3 aliphatic rings. The van der Waals surface area contributed by atoms with Crippen molar-refractivity contribution in [2.75, 3.05) is 4.90 Å². The number of cyclic esters (lactones) is 1. The molecule has 8 rings (SSSR count). The molecule has 41 heavy (non-hydrogen) atoms. The third-order valence-corrected chi connectivity index (χ3v) is 11.2. The quantitative estimate of drug-likeness (QED) is 0.160. The molecule has 0 saturated heterocycles. The van der Waals surface area contributed by atoms with E-state index >= 15 is 0 Å². The van der Waals surface area contributed by atoms with Gasteiger partial charge < -0.3 is 9.64 Å². The minimum atomic E-state index is -1.65. The van der Waals surface area contributed by atoms with Crippen molar-refractivity contribution in [3.63, 3.8) is 0 Å². The fraction of sp³-hybridized carbons (Fsp3) is 0.162. The lowest BCUT2D eigenvalue weighted by atomic mass is 9.64. The van der Waals surface area contributed by atoms with Crippen molar-refractivity contribution in [3.05, 3.63) is 142 Å². The monoisotopic (exact) mass is 549 g/mol. The largest absolute Gasteiger partial charge is 0.457 e. The van der Waals surface area contributed by atoms with Gasteiger partial charge in [-0.15, -0.1) is 0 Å². The van der Waals surface area contributed by atoms with E-state index in [-0.39, 0.29) is 5.97 Å². The van der Waals surface area contributed by atoms with Crippen LogP contribution in [-0.2, 0) is 16.8 Å². The molecule has 0 unspecified atom stereocenters. The van der Waals surface area contributed by atoms with E-state index in [1.54, 1.807) is 0 Å². The van der Waals surface area contributed by atoms with E-state index in [9.17, 15) is 4.79 Å². The Morgan fingerprint density at radius 1 is 0.683 bits per heavy atom. The number of fused-ring (bicyclic) bond motifs is 10. The topological polar surface area (TPSA) is 29.5 Å². The van der Waals surface area contributed by atoms with E-state index < -0.39 is 13.5 Å². The van der Waals surface area contributed by atoms with Gasteiger partial charge in [0.1, 0.15) is 6.61 Å². The van der Waals surface area contributed by atoms with Crippen molar-refractivity contribution >= 4 is 36.3 Å². The highest BCUT2D eigenvalue weighted by atomic mass is 28.3. The summed E-state index contributed by atoms with van der Waals surface area (Å²) in [6, 6.07) is 38.1. The number of hydrogen-bond acceptors (Lipinski definition) is 3. The molecule has 0 amide bonds. The van der Waals surface area contributed by atoms with E-state index in [1.165, 1.54) is 44.1 Å². The molecule has 0 bridgehead atoms. The molecule has 1 spiro atoms. The van der Waals surface area contributed by atoms with Gasteiger partial charge in [-0.25, -0.2) is 4.79 Å². The van der Waals surface area contributed by atoms with Gasteiger partial charge in [0.2, 0.25) is 0 Å². The van der Waals surface area contributed by atoms with Crippen LogP contribution in [0.1, 0.15) is 43.7 Å². The van der Waals surface area contributed by atoms with Gasteiger partial charge in [0.05, 0.1) is 30.4 Å². The van der Waals surface area contributed by atoms with Crippen LogP contribution in [-0.4, -0.2) is 14.0 Å². The van der Waals surface area contributed by atoms with Crippen molar-refractivity contribution in [1.82, 2.24) is 0 Å². The maximum absolute atomic E-state index is 12.6. The van der Waals surface area contributed by atoms with Crippen LogP contribution >= 0.6 is 0 Å². The van der Waals surface area contributed by atoms with Crippen LogP contribution in [0.25, 0.3) is 11.1 Å². The summed E-state index contributed by atoms with van der Waals surface area (Å²) in [5.41, 5.74) is 13.5. The molecule has 0 atom stereocenters. The fourth-order valence-electron chi connectivity index (χ4n) is 7.25. The molecular weight excluding hydrogens is 518 g/mol. The van der Waals surface area contributed by atoms with E-state index in [0.29, 0.717) is 12.2 Å². The number of anilines is 3. The summed E-state index contributed by atoms with van der Waals surface area (Å²) in [6.07, 6.45) is 0. The lowest BCUT2D eigenvalue weighted by molar-refractivity contribution is 0.0535. The Bertz CT molecular complexity index is 1890. The molecule has 5 aromatic rings. The van der Waals surface area contributed by atoms with Crippen molar-refractivity contribution in [1.29, 1.82) is 0 Å². The van der Waals surface area contributed by atoms with Crippen molar-refractivity contribution in [3.8, 4) is 11.1 Å². The summed E-state index contributed by atoms with van der Waals surface area (Å²) >= 11 is 0. The van der Waals surface area contributed by atoms with Gasteiger partial charge in [0, 0.05) is 11.3 Å². The maximum atomic E-state index is 12.6. The molecule has 3 nitrogen and oxygen atoms in total. The lowest BCUT2D eigenvalue weighted by Gasteiger charge is -2.45. The van der Waals surface area contributed by atoms with Crippen LogP contribution in [0, 0.1) is 6.92 Å². The number of aryl methyl sites for hydroxylation is 1. The number of nitrogens with zero attached hydrogens (tertiary/aromatic N) is 1. The first-order valence-electron chi connectivity index (χ1n) is 14.3. The first kappa shape index (κ1) is 24.4. The smallest absolute Gasteiger partial charge is 0.338 e. The number of ether oxygens (including phenoxy) is 1. The normalized spacial score (nSPS) is 15.6. The van der Waals surface area contributed by atoms with Gasteiger partial charge in [-0.05, 0) is 64.6 Å². The van der Waals surface area contributed by atoms with Gasteiger partial charge in [0.25, 0.3) is 0 Å². The Kier molecular flexibility index (Phi) is 4.94. The molecule has 2 heterocycles.